The summed E-state index contributed by atoms with van der Waals surface area (Å²) in [7, 11) is 0. The Morgan fingerprint density at radius 3 is 0.958 bits per heavy atom. The van der Waals surface area contributed by atoms with E-state index in [1.807, 2.05) is 24.3 Å². The molecule has 0 spiro atoms. The van der Waals surface area contributed by atoms with Crippen molar-refractivity contribution in [3.8, 4) is 0 Å². The van der Waals surface area contributed by atoms with Crippen molar-refractivity contribution >= 4 is 35.8 Å². The van der Waals surface area contributed by atoms with Crippen molar-refractivity contribution in [3.63, 3.8) is 0 Å². The number of rotatable bonds is 22. The Labute approximate surface area is 480 Å². The molecule has 2 aliphatic heterocycles. The van der Waals surface area contributed by atoms with E-state index in [2.05, 4.69) is 10.6 Å². The van der Waals surface area contributed by atoms with E-state index in [0.717, 1.165) is 24.0 Å². The van der Waals surface area contributed by atoms with Crippen LogP contribution in [0.25, 0.3) is 0 Å². The van der Waals surface area contributed by atoms with Gasteiger partial charge in [0.25, 0.3) is 0 Å². The van der Waals surface area contributed by atoms with Crippen molar-refractivity contribution in [3.05, 3.63) is 58.2 Å². The van der Waals surface area contributed by atoms with Crippen LogP contribution in [0.3, 0.4) is 0 Å². The first-order chi connectivity index (χ1) is 32.6. The molecule has 2 aliphatic rings. The van der Waals surface area contributed by atoms with E-state index in [9.17, 15) is 59.4 Å². The number of nitrogens with one attached hydrogen (secondary N) is 2. The van der Waals surface area contributed by atoms with Crippen LogP contribution in [0.1, 0.15) is 88.3 Å². The maximum Gasteiger partial charge on any atom is 3.00 e. The molecule has 3 N–H and O–H groups in total. The topological polar surface area (TPSA) is 307 Å². The largest absolute Gasteiger partial charge is 3.00 e. The molecule has 0 amide bonds. The monoisotopic (exact) mass is 1280 g/mol. The van der Waals surface area contributed by atoms with Gasteiger partial charge in [-0.3, -0.25) is 44.2 Å². The van der Waals surface area contributed by atoms with Crippen molar-refractivity contribution in [2.45, 2.75) is 130 Å². The number of carboxylic acids is 6. The van der Waals surface area contributed by atoms with Crippen LogP contribution >= 0.6 is 0 Å². The fourth-order valence-corrected chi connectivity index (χ4v) is 8.55. The van der Waals surface area contributed by atoms with Crippen LogP contribution in [0.2, 0.25) is 0 Å². The second kappa shape index (κ2) is 32.0. The Hall–Kier alpha value is -2.55. The summed E-state index contributed by atoms with van der Waals surface area (Å²) in [5.41, 5.74) is 4.27. The minimum atomic E-state index is -1.30. The van der Waals surface area contributed by atoms with Gasteiger partial charge in [0.05, 0.1) is 52.6 Å². The summed E-state index contributed by atoms with van der Waals surface area (Å²) in [4.78, 5) is 91.6. The second-order valence-electron chi connectivity index (χ2n) is 18.2. The third-order valence-electron chi connectivity index (χ3n) is 13.4. The third kappa shape index (κ3) is 20.9. The Bertz CT molecular complexity index is 1830. The van der Waals surface area contributed by atoms with Crippen LogP contribution in [-0.2, 0) is 67.8 Å². The Morgan fingerprint density at radius 1 is 0.465 bits per heavy atom. The normalized spacial score (nSPS) is 19.0. The number of carboxylic acid groups (broad SMARTS) is 6. The SMILES string of the molecule is CC(C(=O)[O-])N1CCN(C(C)C(=O)[O-])Cc2cc(CCCNCNCCCc3cc4nc(c3)CN(C(C)C(=O)O)CCN(C(C)C(=O)[O-])CCN(C(C)C(=O)[O-])C4)cc(n2)CN(C(C)C(=O)[O-])CC1.[Gd+3].[Gd+3]. The molecular weight excluding hydrogens is 1210 g/mol. The van der Waals surface area contributed by atoms with Crippen molar-refractivity contribution < 1.29 is 139 Å². The summed E-state index contributed by atoms with van der Waals surface area (Å²) in [6, 6.07) is 1.76. The van der Waals surface area contributed by atoms with Crippen LogP contribution in [0.4, 0.5) is 0 Å². The molecule has 4 heterocycles. The van der Waals surface area contributed by atoms with Crippen molar-refractivity contribution in [1.29, 1.82) is 0 Å². The van der Waals surface area contributed by atoms with Crippen LogP contribution in [0.5, 0.6) is 0 Å². The number of hydrogen-bond acceptors (Lipinski definition) is 21. The summed E-state index contributed by atoms with van der Waals surface area (Å²) in [6.45, 7) is 13.0. The van der Waals surface area contributed by atoms with Crippen LogP contribution in [-0.4, -0.2) is 189 Å². The molecule has 0 aromatic carbocycles. The van der Waals surface area contributed by atoms with E-state index in [0.29, 0.717) is 55.4 Å². The van der Waals surface area contributed by atoms with Gasteiger partial charge in [0.15, 0.2) is 0 Å². The average Bonchev–Trinajstić information content (AvgIpc) is 3.29. The number of fused-ring (bicyclic) bond motifs is 4. The average molecular weight is 1280 g/mol. The fourth-order valence-electron chi connectivity index (χ4n) is 8.55. The van der Waals surface area contributed by atoms with Crippen LogP contribution < -0.4 is 36.2 Å². The molecule has 2 aromatic rings. The van der Waals surface area contributed by atoms with E-state index in [-0.39, 0.29) is 158 Å². The number of hydrogen-bond donors (Lipinski definition) is 3. The first kappa shape index (κ1) is 64.6. The van der Waals surface area contributed by atoms with Gasteiger partial charge in [0, 0.05) is 115 Å². The Balaban J connectivity index is 0.00000864. The van der Waals surface area contributed by atoms with Crippen LogP contribution in [0, 0.1) is 79.9 Å². The zero-order valence-corrected chi connectivity index (χ0v) is 46.0. The molecule has 2 aromatic heterocycles. The number of aromatic nitrogens is 2. The van der Waals surface area contributed by atoms with Gasteiger partial charge in [-0.15, -0.1) is 0 Å². The van der Waals surface area contributed by atoms with E-state index >= 15 is 0 Å². The van der Waals surface area contributed by atoms with Crippen molar-refractivity contribution in [1.82, 2.24) is 50.0 Å². The van der Waals surface area contributed by atoms with Gasteiger partial charge in [-0.25, -0.2) is 0 Å². The molecule has 0 saturated heterocycles. The molecule has 22 nitrogen and oxygen atoms in total. The molecule has 4 bridgehead atoms. The van der Waals surface area contributed by atoms with Gasteiger partial charge in [-0.05, 0) is 116 Å². The first-order valence-corrected chi connectivity index (χ1v) is 23.7. The number of carbonyl (C=O) groups is 6. The maximum absolute atomic E-state index is 12.1. The first-order valence-electron chi connectivity index (χ1n) is 23.7. The summed E-state index contributed by atoms with van der Waals surface area (Å²) in [5.74, 6) is -7.45. The number of nitrogens with zero attached hydrogens (tertiary/aromatic N) is 8. The number of carbonyl (C=O) groups excluding carboxylic acids is 5. The summed E-state index contributed by atoms with van der Waals surface area (Å²) in [5, 5.41) is 76.5. The molecule has 394 valence electrons. The molecule has 0 fully saturated rings. The predicted octanol–water partition coefficient (Wildman–Crippen LogP) is -5.82. The van der Waals surface area contributed by atoms with Gasteiger partial charge < -0.3 is 65.2 Å². The van der Waals surface area contributed by atoms with Crippen molar-refractivity contribution in [2.75, 3.05) is 72.1 Å². The summed E-state index contributed by atoms with van der Waals surface area (Å²) >= 11 is 0. The molecule has 0 aliphatic carbocycles. The number of aliphatic carboxylic acids is 6. The van der Waals surface area contributed by atoms with Crippen molar-refractivity contribution in [2.24, 2.45) is 0 Å². The van der Waals surface area contributed by atoms with E-state index in [1.165, 1.54) is 34.6 Å². The number of pyridine rings is 2. The molecule has 2 radical (unpaired) electrons. The smallest absolute Gasteiger partial charge is 0.548 e. The standard InChI is InChI=1S/C47H74N10O12.2Gd/c1-30(42(58)59)52-13-17-54(32(3)44(62)63)25-38-21-36(22-39(50-38)26-55(18-14-52)33(4)45(64)65)9-7-11-48-29-49-12-8-10-37-23-40-27-56(34(5)46(66)67)19-15-53(31(2)43(60)61)16-20-57(35(6)47(68)69)28-41(24-37)51-40;;/h21-24,30-35,48-49H,7-20,25-29H2,1-6H3,(H,58,59)(H,60,61)(H,62,63)(H,64,65)(H,66,67)(H,68,69);;/q;2*+3/p-5. The molecule has 6 atom stereocenters. The Kier molecular flexibility index (Phi) is 29.1. The molecular formula is C47H69Gd2N10O12+. The minimum Gasteiger partial charge on any atom is -0.548 e. The van der Waals surface area contributed by atoms with Gasteiger partial charge in [0.2, 0.25) is 0 Å². The number of aryl methyl sites for hydroxylation is 2. The summed E-state index contributed by atoms with van der Waals surface area (Å²) in [6.07, 6.45) is 2.77. The Morgan fingerprint density at radius 2 is 0.704 bits per heavy atom. The van der Waals surface area contributed by atoms with Gasteiger partial charge in [0.1, 0.15) is 6.04 Å². The third-order valence-corrected chi connectivity index (χ3v) is 13.4. The zero-order chi connectivity index (χ0) is 50.9. The molecule has 4 rings (SSSR count). The maximum atomic E-state index is 12.1. The quantitative estimate of drug-likeness (QED) is 0.0731. The zero-order valence-electron chi connectivity index (χ0n) is 41.4. The molecule has 71 heavy (non-hydrogen) atoms. The minimum absolute atomic E-state index is 0. The molecule has 24 heteroatoms. The second-order valence-corrected chi connectivity index (χ2v) is 18.2. The van der Waals surface area contributed by atoms with E-state index in [4.69, 9.17) is 9.97 Å². The van der Waals surface area contributed by atoms with E-state index in [1.54, 1.807) is 36.3 Å². The molecule has 6 unspecified atom stereocenters. The summed E-state index contributed by atoms with van der Waals surface area (Å²) < 4.78 is 0. The van der Waals surface area contributed by atoms with Crippen LogP contribution in [0.15, 0.2) is 24.3 Å². The fraction of sp³-hybridized carbons (Fsp3) is 0.660. The van der Waals surface area contributed by atoms with E-state index < -0.39 is 72.1 Å². The van der Waals surface area contributed by atoms with Gasteiger partial charge in [-0.1, -0.05) is 0 Å². The van der Waals surface area contributed by atoms with Gasteiger partial charge in [-0.2, -0.15) is 0 Å². The molecule has 0 saturated carbocycles. The predicted molar refractivity (Wildman–Crippen MR) is 240 cm³/mol. The van der Waals surface area contributed by atoms with Gasteiger partial charge >= 0.3 is 85.9 Å².